The number of benzene rings is 2. The number of hydrogen-bond acceptors (Lipinski definition) is 4. The van der Waals surface area contributed by atoms with Gasteiger partial charge in [0.05, 0.1) is 31.5 Å². The van der Waals surface area contributed by atoms with Crippen molar-refractivity contribution < 1.29 is 22.8 Å². The summed E-state index contributed by atoms with van der Waals surface area (Å²) in [6.07, 6.45) is -0.0565. The molecule has 0 aliphatic rings. The molecular weight excluding hydrogens is 404 g/mol. The van der Waals surface area contributed by atoms with E-state index in [-0.39, 0.29) is 30.2 Å². The van der Waals surface area contributed by atoms with Gasteiger partial charge in [-0.2, -0.15) is 0 Å². The van der Waals surface area contributed by atoms with Gasteiger partial charge in [0.1, 0.15) is 5.82 Å². The molecule has 8 heteroatoms. The third kappa shape index (κ3) is 4.01. The lowest BCUT2D eigenvalue weighted by molar-refractivity contribution is -0.129. The molecule has 2 aromatic heterocycles. The first-order chi connectivity index (χ1) is 14.9. The van der Waals surface area contributed by atoms with Crippen molar-refractivity contribution >= 4 is 16.8 Å². The smallest absolute Gasteiger partial charge is 0.227 e. The SMILES string of the molecule is COc1cccc(-c2[nH]c3ccc(F)cc3c2CC(=O)N(C)Cc2cc(C)no2)c1F. The Morgan fingerprint density at radius 3 is 2.74 bits per heavy atom. The van der Waals surface area contributed by atoms with Crippen molar-refractivity contribution in [2.75, 3.05) is 14.2 Å². The Hall–Kier alpha value is -3.68. The molecule has 1 N–H and O–H groups in total. The predicted molar refractivity (Wildman–Crippen MR) is 112 cm³/mol. The molecular formula is C23H21F2N3O3. The largest absolute Gasteiger partial charge is 0.494 e. The minimum absolute atomic E-state index is 0.0565. The van der Waals surface area contributed by atoms with Crippen molar-refractivity contribution in [1.29, 1.82) is 0 Å². The Labute approximate surface area is 177 Å². The number of carbonyl (C=O) groups excluding carboxylic acids is 1. The van der Waals surface area contributed by atoms with Crippen LogP contribution in [-0.2, 0) is 17.8 Å². The molecule has 0 bridgehead atoms. The van der Waals surface area contributed by atoms with Crippen LogP contribution in [0, 0.1) is 18.6 Å². The van der Waals surface area contributed by atoms with E-state index >= 15 is 0 Å². The fourth-order valence-electron chi connectivity index (χ4n) is 3.59. The fraction of sp³-hybridized carbons (Fsp3) is 0.217. The molecule has 0 spiro atoms. The van der Waals surface area contributed by atoms with E-state index in [1.807, 2.05) is 0 Å². The minimum Gasteiger partial charge on any atom is -0.494 e. The zero-order valence-corrected chi connectivity index (χ0v) is 17.3. The second kappa shape index (κ2) is 8.22. The summed E-state index contributed by atoms with van der Waals surface area (Å²) in [6.45, 7) is 2.03. The van der Waals surface area contributed by atoms with Gasteiger partial charge in [-0.1, -0.05) is 11.2 Å². The Kier molecular flexibility index (Phi) is 5.46. The first-order valence-electron chi connectivity index (χ1n) is 9.66. The maximum Gasteiger partial charge on any atom is 0.227 e. The number of H-pyrrole nitrogens is 1. The van der Waals surface area contributed by atoms with Crippen molar-refractivity contribution in [2.24, 2.45) is 0 Å². The number of likely N-dealkylation sites (N-methyl/N-ethyl adjacent to an activating group) is 1. The average molecular weight is 425 g/mol. The molecule has 4 aromatic rings. The monoisotopic (exact) mass is 425 g/mol. The van der Waals surface area contributed by atoms with Gasteiger partial charge >= 0.3 is 0 Å². The van der Waals surface area contributed by atoms with Crippen molar-refractivity contribution in [3.63, 3.8) is 0 Å². The second-order valence-corrected chi connectivity index (χ2v) is 7.35. The molecule has 0 atom stereocenters. The van der Waals surface area contributed by atoms with Gasteiger partial charge in [-0.05, 0) is 42.8 Å². The molecule has 160 valence electrons. The summed E-state index contributed by atoms with van der Waals surface area (Å²) in [5.41, 5.74) is 2.49. The summed E-state index contributed by atoms with van der Waals surface area (Å²) in [7, 11) is 3.02. The number of methoxy groups -OCH3 is 1. The number of carbonyl (C=O) groups is 1. The lowest BCUT2D eigenvalue weighted by Crippen LogP contribution is -2.27. The Bertz CT molecular complexity index is 1260. The van der Waals surface area contributed by atoms with E-state index in [2.05, 4.69) is 10.1 Å². The number of aromatic amines is 1. The van der Waals surface area contributed by atoms with E-state index in [4.69, 9.17) is 9.26 Å². The standard InChI is InChI=1S/C23H21F2N3O3/c1-13-9-15(31-27-13)12-28(2)21(29)11-18-17-10-14(24)7-8-19(17)26-23(18)16-5-4-6-20(30-3)22(16)25/h4-10,26H,11-12H2,1-3H3. The molecule has 0 saturated carbocycles. The van der Waals surface area contributed by atoms with Gasteiger partial charge in [-0.3, -0.25) is 4.79 Å². The van der Waals surface area contributed by atoms with E-state index in [1.165, 1.54) is 30.2 Å². The topological polar surface area (TPSA) is 71.4 Å². The number of fused-ring (bicyclic) bond motifs is 1. The third-order valence-electron chi connectivity index (χ3n) is 5.14. The van der Waals surface area contributed by atoms with E-state index in [9.17, 15) is 13.6 Å². The van der Waals surface area contributed by atoms with Gasteiger partial charge in [0.15, 0.2) is 17.3 Å². The van der Waals surface area contributed by atoms with Gasteiger partial charge in [-0.15, -0.1) is 0 Å². The summed E-state index contributed by atoms with van der Waals surface area (Å²) >= 11 is 0. The first kappa shape index (κ1) is 20.6. The molecule has 0 radical (unpaired) electrons. The summed E-state index contributed by atoms with van der Waals surface area (Å²) < 4.78 is 39.3. The predicted octanol–water partition coefficient (Wildman–Crippen LogP) is 4.62. The van der Waals surface area contributed by atoms with Crippen LogP contribution in [0.15, 0.2) is 47.0 Å². The maximum absolute atomic E-state index is 15.0. The minimum atomic E-state index is -0.559. The molecule has 0 unspecified atom stereocenters. The summed E-state index contributed by atoms with van der Waals surface area (Å²) in [5, 5.41) is 4.34. The first-order valence-corrected chi connectivity index (χ1v) is 9.66. The number of ether oxygens (including phenoxy) is 1. The Morgan fingerprint density at radius 2 is 2.03 bits per heavy atom. The normalized spacial score (nSPS) is 11.1. The molecule has 2 aromatic carbocycles. The number of halogens is 2. The average Bonchev–Trinajstić information content (AvgIpc) is 3.31. The van der Waals surface area contributed by atoms with Crippen molar-refractivity contribution in [1.82, 2.24) is 15.0 Å². The van der Waals surface area contributed by atoms with Crippen molar-refractivity contribution in [3.8, 4) is 17.0 Å². The van der Waals surface area contributed by atoms with Gasteiger partial charge in [-0.25, -0.2) is 8.78 Å². The molecule has 31 heavy (non-hydrogen) atoms. The highest BCUT2D eigenvalue weighted by Crippen LogP contribution is 2.35. The van der Waals surface area contributed by atoms with E-state index < -0.39 is 11.6 Å². The van der Waals surface area contributed by atoms with Crippen LogP contribution >= 0.6 is 0 Å². The Morgan fingerprint density at radius 1 is 1.23 bits per heavy atom. The fourth-order valence-corrected chi connectivity index (χ4v) is 3.59. The molecule has 0 aliphatic heterocycles. The highest BCUT2D eigenvalue weighted by molar-refractivity contribution is 5.95. The van der Waals surface area contributed by atoms with Crippen molar-refractivity contribution in [3.05, 3.63) is 71.1 Å². The summed E-state index contributed by atoms with van der Waals surface area (Å²) in [6, 6.07) is 10.7. The van der Waals surface area contributed by atoms with Crippen LogP contribution in [0.3, 0.4) is 0 Å². The zero-order valence-electron chi connectivity index (χ0n) is 17.3. The third-order valence-corrected chi connectivity index (χ3v) is 5.14. The number of hydrogen-bond donors (Lipinski definition) is 1. The molecule has 2 heterocycles. The lowest BCUT2D eigenvalue weighted by Gasteiger charge is -2.16. The van der Waals surface area contributed by atoms with Crippen LogP contribution < -0.4 is 4.74 Å². The number of rotatable bonds is 6. The Balaban J connectivity index is 1.74. The van der Waals surface area contributed by atoms with Gasteiger partial charge in [0, 0.05) is 29.6 Å². The van der Waals surface area contributed by atoms with E-state index in [0.29, 0.717) is 27.9 Å². The molecule has 0 fully saturated rings. The van der Waals surface area contributed by atoms with Crippen LogP contribution in [0.5, 0.6) is 5.75 Å². The molecule has 1 amide bonds. The quantitative estimate of drug-likeness (QED) is 0.489. The number of nitrogens with zero attached hydrogens (tertiary/aromatic N) is 2. The van der Waals surface area contributed by atoms with E-state index in [1.54, 1.807) is 38.2 Å². The summed E-state index contributed by atoms with van der Waals surface area (Å²) in [4.78, 5) is 17.6. The van der Waals surface area contributed by atoms with Crippen molar-refractivity contribution in [2.45, 2.75) is 19.9 Å². The van der Waals surface area contributed by atoms with Gasteiger partial charge in [0.2, 0.25) is 5.91 Å². The zero-order chi connectivity index (χ0) is 22.1. The molecule has 4 rings (SSSR count). The molecule has 6 nitrogen and oxygen atoms in total. The summed E-state index contributed by atoms with van der Waals surface area (Å²) in [5.74, 6) is -0.599. The maximum atomic E-state index is 15.0. The molecule has 0 saturated heterocycles. The van der Waals surface area contributed by atoms with Gasteiger partial charge in [0.25, 0.3) is 0 Å². The second-order valence-electron chi connectivity index (χ2n) is 7.35. The highest BCUT2D eigenvalue weighted by Gasteiger charge is 2.22. The lowest BCUT2D eigenvalue weighted by atomic mass is 10.0. The van der Waals surface area contributed by atoms with E-state index in [0.717, 1.165) is 5.69 Å². The van der Waals surface area contributed by atoms with Crippen LogP contribution in [0.25, 0.3) is 22.2 Å². The van der Waals surface area contributed by atoms with Crippen LogP contribution in [0.2, 0.25) is 0 Å². The van der Waals surface area contributed by atoms with Crippen LogP contribution in [0.1, 0.15) is 17.0 Å². The number of amides is 1. The molecule has 0 aliphatic carbocycles. The highest BCUT2D eigenvalue weighted by atomic mass is 19.1. The van der Waals surface area contributed by atoms with Gasteiger partial charge < -0.3 is 19.1 Å². The number of aryl methyl sites for hydroxylation is 1. The van der Waals surface area contributed by atoms with Crippen LogP contribution in [0.4, 0.5) is 8.78 Å². The number of nitrogens with one attached hydrogen (secondary N) is 1. The van der Waals surface area contributed by atoms with Crippen LogP contribution in [-0.4, -0.2) is 35.1 Å². The number of aromatic nitrogens is 2.